The minimum Gasteiger partial charge on any atom is -0.507 e. The van der Waals surface area contributed by atoms with Crippen molar-refractivity contribution in [1.82, 2.24) is 9.97 Å². The molecule has 29 heavy (non-hydrogen) atoms. The molecule has 3 N–H and O–H groups in total. The highest BCUT2D eigenvalue weighted by Crippen LogP contribution is 2.31. The molecule has 0 spiro atoms. The summed E-state index contributed by atoms with van der Waals surface area (Å²) in [6.07, 6.45) is 1.41. The van der Waals surface area contributed by atoms with Crippen LogP contribution in [0.5, 0.6) is 5.75 Å². The number of nitrogens with one attached hydrogen (secondary N) is 1. The maximum atomic E-state index is 13.8. The van der Waals surface area contributed by atoms with Gasteiger partial charge in [0.2, 0.25) is 5.95 Å². The molecule has 2 heterocycles. The summed E-state index contributed by atoms with van der Waals surface area (Å²) in [5, 5.41) is 24.4. The van der Waals surface area contributed by atoms with Gasteiger partial charge in [0.25, 0.3) is 0 Å². The van der Waals surface area contributed by atoms with Crippen molar-refractivity contribution in [2.45, 2.75) is 0 Å². The van der Waals surface area contributed by atoms with Crippen LogP contribution in [0.15, 0.2) is 66.2 Å². The Morgan fingerprint density at radius 3 is 2.55 bits per heavy atom. The normalized spacial score (nSPS) is 10.7. The van der Waals surface area contributed by atoms with Crippen molar-refractivity contribution in [3.05, 3.63) is 77.7 Å². The third kappa shape index (κ3) is 3.92. The lowest BCUT2D eigenvalue weighted by molar-refractivity contribution is 0.0694. The molecule has 0 aliphatic rings. The van der Waals surface area contributed by atoms with Crippen molar-refractivity contribution in [2.24, 2.45) is 0 Å². The predicted octanol–water partition coefficient (Wildman–Crippen LogP) is 5.16. The van der Waals surface area contributed by atoms with E-state index in [-0.39, 0.29) is 11.3 Å². The number of benzene rings is 2. The minimum atomic E-state index is -1.21. The van der Waals surface area contributed by atoms with Gasteiger partial charge in [-0.2, -0.15) is 4.39 Å². The highest BCUT2D eigenvalue weighted by molar-refractivity contribution is 7.14. The van der Waals surface area contributed by atoms with E-state index in [0.717, 1.165) is 5.69 Å². The van der Waals surface area contributed by atoms with E-state index in [1.807, 2.05) is 12.1 Å². The maximum Gasteiger partial charge on any atom is 0.339 e. The number of aromatic carboxylic acids is 1. The molecule has 2 aromatic carbocycles. The molecular formula is C21H14FN3O3S. The van der Waals surface area contributed by atoms with Gasteiger partial charge in [0.05, 0.1) is 5.69 Å². The van der Waals surface area contributed by atoms with Crippen LogP contribution in [-0.4, -0.2) is 26.2 Å². The standard InChI is InChI=1S/C21H14FN3O3S/c22-19-15(2-1-9-23-19)12-3-6-14(7-4-12)24-21-25-17(11-29-21)13-5-8-18(26)16(10-13)20(27)28/h1-11,26H,(H,24,25)(H,27,28). The third-order valence-corrected chi connectivity index (χ3v) is 4.99. The average Bonchev–Trinajstić information content (AvgIpc) is 3.18. The van der Waals surface area contributed by atoms with E-state index in [1.54, 1.807) is 35.7 Å². The molecule has 0 atom stereocenters. The predicted molar refractivity (Wildman–Crippen MR) is 109 cm³/mol. The summed E-state index contributed by atoms with van der Waals surface area (Å²) in [7, 11) is 0. The number of rotatable bonds is 5. The van der Waals surface area contributed by atoms with E-state index in [4.69, 9.17) is 5.11 Å². The highest BCUT2D eigenvalue weighted by atomic mass is 32.1. The van der Waals surface area contributed by atoms with Gasteiger partial charge in [0, 0.05) is 28.4 Å². The van der Waals surface area contributed by atoms with Gasteiger partial charge in [0.1, 0.15) is 11.3 Å². The largest absolute Gasteiger partial charge is 0.507 e. The Hall–Kier alpha value is -3.78. The fourth-order valence-electron chi connectivity index (χ4n) is 2.79. The molecule has 0 radical (unpaired) electrons. The van der Waals surface area contributed by atoms with Crippen LogP contribution in [0, 0.1) is 5.95 Å². The van der Waals surface area contributed by atoms with Crippen LogP contribution in [0.25, 0.3) is 22.4 Å². The first-order valence-electron chi connectivity index (χ1n) is 8.51. The maximum absolute atomic E-state index is 13.8. The van der Waals surface area contributed by atoms with E-state index in [0.29, 0.717) is 27.5 Å². The number of aromatic hydroxyl groups is 1. The summed E-state index contributed by atoms with van der Waals surface area (Å²) in [5.74, 6) is -2.02. The van der Waals surface area contributed by atoms with Crippen molar-refractivity contribution in [2.75, 3.05) is 5.32 Å². The molecule has 0 aliphatic heterocycles. The highest BCUT2D eigenvalue weighted by Gasteiger charge is 2.13. The first-order chi connectivity index (χ1) is 14.0. The molecular weight excluding hydrogens is 393 g/mol. The van der Waals surface area contributed by atoms with Crippen LogP contribution in [0.4, 0.5) is 15.2 Å². The number of carboxylic acid groups (broad SMARTS) is 1. The fraction of sp³-hybridized carbons (Fsp3) is 0. The smallest absolute Gasteiger partial charge is 0.339 e. The number of nitrogens with zero attached hydrogens (tertiary/aromatic N) is 2. The third-order valence-electron chi connectivity index (χ3n) is 4.23. The van der Waals surface area contributed by atoms with Crippen LogP contribution in [0.3, 0.4) is 0 Å². The number of carbonyl (C=O) groups is 1. The molecule has 4 aromatic rings. The lowest BCUT2D eigenvalue weighted by Crippen LogP contribution is -1.97. The zero-order valence-corrected chi connectivity index (χ0v) is 15.7. The van der Waals surface area contributed by atoms with Crippen LogP contribution in [-0.2, 0) is 0 Å². The first-order valence-corrected chi connectivity index (χ1v) is 9.39. The number of anilines is 2. The van der Waals surface area contributed by atoms with Gasteiger partial charge in [-0.25, -0.2) is 14.8 Å². The topological polar surface area (TPSA) is 95.3 Å². The van der Waals surface area contributed by atoms with E-state index >= 15 is 0 Å². The number of hydrogen-bond donors (Lipinski definition) is 3. The van der Waals surface area contributed by atoms with Gasteiger partial charge in [-0.1, -0.05) is 12.1 Å². The summed E-state index contributed by atoms with van der Waals surface area (Å²) >= 11 is 1.36. The van der Waals surface area contributed by atoms with Crippen molar-refractivity contribution in [1.29, 1.82) is 0 Å². The van der Waals surface area contributed by atoms with Crippen molar-refractivity contribution in [3.63, 3.8) is 0 Å². The second-order valence-electron chi connectivity index (χ2n) is 6.12. The number of hydrogen-bond acceptors (Lipinski definition) is 6. The van der Waals surface area contributed by atoms with E-state index in [1.165, 1.54) is 29.7 Å². The Morgan fingerprint density at radius 2 is 1.83 bits per heavy atom. The lowest BCUT2D eigenvalue weighted by Gasteiger charge is -2.06. The number of thiazole rings is 1. The quantitative estimate of drug-likeness (QED) is 0.396. The summed E-state index contributed by atoms with van der Waals surface area (Å²) in [6.45, 7) is 0. The molecule has 144 valence electrons. The number of pyridine rings is 1. The minimum absolute atomic E-state index is 0.178. The van der Waals surface area contributed by atoms with Crippen molar-refractivity contribution >= 4 is 28.1 Å². The van der Waals surface area contributed by atoms with Gasteiger partial charge in [-0.05, 0) is 48.0 Å². The number of halogens is 1. The van der Waals surface area contributed by atoms with Gasteiger partial charge in [-0.15, -0.1) is 11.3 Å². The van der Waals surface area contributed by atoms with Gasteiger partial charge in [-0.3, -0.25) is 0 Å². The summed E-state index contributed by atoms with van der Waals surface area (Å²) in [6, 6.07) is 14.9. The summed E-state index contributed by atoms with van der Waals surface area (Å²) in [4.78, 5) is 19.3. The molecule has 6 nitrogen and oxygen atoms in total. The number of aromatic nitrogens is 2. The zero-order chi connectivity index (χ0) is 20.4. The zero-order valence-electron chi connectivity index (χ0n) is 14.8. The van der Waals surface area contributed by atoms with Crippen LogP contribution >= 0.6 is 11.3 Å². The number of phenols is 1. The molecule has 0 amide bonds. The van der Waals surface area contributed by atoms with Crippen LogP contribution in [0.2, 0.25) is 0 Å². The lowest BCUT2D eigenvalue weighted by atomic mass is 10.1. The van der Waals surface area contributed by atoms with Crippen molar-refractivity contribution in [3.8, 4) is 28.1 Å². The van der Waals surface area contributed by atoms with E-state index in [9.17, 15) is 14.3 Å². The molecule has 8 heteroatoms. The molecule has 0 saturated carbocycles. The molecule has 0 bridgehead atoms. The first kappa shape index (κ1) is 18.6. The monoisotopic (exact) mass is 407 g/mol. The van der Waals surface area contributed by atoms with E-state index < -0.39 is 11.9 Å². The molecule has 0 saturated heterocycles. The Kier molecular flexibility index (Phi) is 4.92. The van der Waals surface area contributed by atoms with Gasteiger partial charge >= 0.3 is 5.97 Å². The van der Waals surface area contributed by atoms with Crippen molar-refractivity contribution < 1.29 is 19.4 Å². The SMILES string of the molecule is O=C(O)c1cc(-c2csc(Nc3ccc(-c4cccnc4F)cc3)n2)ccc1O. The van der Waals surface area contributed by atoms with Crippen LogP contribution < -0.4 is 5.32 Å². The second kappa shape index (κ2) is 7.69. The van der Waals surface area contributed by atoms with E-state index in [2.05, 4.69) is 15.3 Å². The molecule has 0 aliphatic carbocycles. The average molecular weight is 407 g/mol. The Morgan fingerprint density at radius 1 is 1.07 bits per heavy atom. The number of carboxylic acids is 1. The molecule has 0 unspecified atom stereocenters. The van der Waals surface area contributed by atoms with Gasteiger partial charge in [0.15, 0.2) is 5.13 Å². The second-order valence-corrected chi connectivity index (χ2v) is 6.98. The Balaban J connectivity index is 1.53. The molecule has 4 rings (SSSR count). The summed E-state index contributed by atoms with van der Waals surface area (Å²) < 4.78 is 13.8. The summed E-state index contributed by atoms with van der Waals surface area (Å²) in [5.41, 5.74) is 2.92. The molecule has 0 fully saturated rings. The fourth-order valence-corrected chi connectivity index (χ4v) is 3.53. The Bertz CT molecular complexity index is 1190. The molecule has 2 aromatic heterocycles. The van der Waals surface area contributed by atoms with Crippen LogP contribution in [0.1, 0.15) is 10.4 Å². The van der Waals surface area contributed by atoms with Gasteiger partial charge < -0.3 is 15.5 Å². The Labute approximate surface area is 169 Å².